The van der Waals surface area contributed by atoms with Gasteiger partial charge in [0.15, 0.2) is 0 Å². The highest BCUT2D eigenvalue weighted by Gasteiger charge is 2.18. The van der Waals surface area contributed by atoms with E-state index in [-0.39, 0.29) is 18.5 Å². The fourth-order valence-corrected chi connectivity index (χ4v) is 9.92. The van der Waals surface area contributed by atoms with Crippen LogP contribution >= 0.6 is 0 Å². The van der Waals surface area contributed by atoms with Gasteiger partial charge in [-0.05, 0) is 83.5 Å². The minimum Gasteiger partial charge on any atom is -0.466 e. The van der Waals surface area contributed by atoms with Crippen molar-refractivity contribution in [2.45, 2.75) is 360 Å². The molecule has 0 aromatic rings. The minimum atomic E-state index is -0.843. The van der Waals surface area contributed by atoms with Gasteiger partial charge in [-0.15, -0.1) is 0 Å². The molecule has 0 bridgehead atoms. The molecule has 3 N–H and O–H groups in total. The van der Waals surface area contributed by atoms with Crippen LogP contribution in [0.15, 0.2) is 36.5 Å². The van der Waals surface area contributed by atoms with E-state index in [0.29, 0.717) is 19.4 Å². The zero-order valence-electron chi connectivity index (χ0n) is 48.4. The number of esters is 1. The number of amides is 1. The van der Waals surface area contributed by atoms with Crippen LogP contribution in [-0.4, -0.2) is 47.4 Å². The van der Waals surface area contributed by atoms with Crippen LogP contribution in [0.4, 0.5) is 0 Å². The number of aliphatic hydroxyl groups excluding tert-OH is 2. The number of aliphatic hydroxyl groups is 2. The topological polar surface area (TPSA) is 95.9 Å². The molecule has 1 amide bonds. The van der Waals surface area contributed by atoms with Gasteiger partial charge in [-0.3, -0.25) is 9.59 Å². The Morgan fingerprint density at radius 2 is 0.653 bits per heavy atom. The van der Waals surface area contributed by atoms with Crippen molar-refractivity contribution in [3.8, 4) is 0 Å². The van der Waals surface area contributed by atoms with E-state index in [2.05, 4.69) is 43.5 Å². The van der Waals surface area contributed by atoms with Gasteiger partial charge in [0.1, 0.15) is 0 Å². The zero-order valence-corrected chi connectivity index (χ0v) is 48.4. The largest absolute Gasteiger partial charge is 0.466 e. The summed E-state index contributed by atoms with van der Waals surface area (Å²) < 4.78 is 5.48. The summed E-state index contributed by atoms with van der Waals surface area (Å²) in [4.78, 5) is 24.5. The molecule has 424 valence electrons. The van der Waals surface area contributed by atoms with Crippen LogP contribution in [0.5, 0.6) is 0 Å². The van der Waals surface area contributed by atoms with E-state index in [1.807, 2.05) is 6.08 Å². The molecule has 0 aliphatic heterocycles. The molecule has 0 saturated heterocycles. The molecular formula is C66H125NO5. The molecular weight excluding hydrogens is 887 g/mol. The SMILES string of the molecule is CCCCCCC/C=C\CCCCCCCC(=O)OCCCCCCCCCCCCCC/C=C\CCCCCCCCCCCCCCC(=O)NC(CO)C(O)/C=C/CCCCCCCCCCCCC. The molecule has 2 unspecified atom stereocenters. The standard InChI is InChI=1S/C66H125NO5/c1-3-5-7-9-11-13-15-17-36-40-44-48-52-56-60-66(71)72-61-57-53-49-45-41-37-33-31-29-27-25-23-21-19-18-20-22-24-26-28-30-32-35-39-43-47-51-55-59-65(70)67-63(62-68)64(69)58-54-50-46-42-38-34-16-14-12-10-8-6-4-2/h15,17-19,54,58,63-64,68-69H,3-14,16,20-53,55-57,59-62H2,1-2H3,(H,67,70)/b17-15-,19-18-,58-54+. The van der Waals surface area contributed by atoms with E-state index in [4.69, 9.17) is 4.74 Å². The monoisotopic (exact) mass is 1010 g/mol. The molecule has 0 saturated carbocycles. The Balaban J connectivity index is 3.39. The highest BCUT2D eigenvalue weighted by molar-refractivity contribution is 5.76. The van der Waals surface area contributed by atoms with E-state index in [1.165, 1.54) is 276 Å². The van der Waals surface area contributed by atoms with Crippen LogP contribution in [0, 0.1) is 0 Å². The van der Waals surface area contributed by atoms with Crippen LogP contribution in [-0.2, 0) is 14.3 Å². The van der Waals surface area contributed by atoms with Crippen molar-refractivity contribution in [2.24, 2.45) is 0 Å². The van der Waals surface area contributed by atoms with Crippen molar-refractivity contribution < 1.29 is 24.5 Å². The second-order valence-electron chi connectivity index (χ2n) is 22.1. The predicted molar refractivity (Wildman–Crippen MR) is 315 cm³/mol. The Morgan fingerprint density at radius 3 is 0.986 bits per heavy atom. The lowest BCUT2D eigenvalue weighted by Gasteiger charge is -2.20. The molecule has 72 heavy (non-hydrogen) atoms. The summed E-state index contributed by atoms with van der Waals surface area (Å²) in [5.41, 5.74) is 0. The van der Waals surface area contributed by atoms with Gasteiger partial charge in [0.25, 0.3) is 0 Å². The summed E-state index contributed by atoms with van der Waals surface area (Å²) in [5, 5.41) is 23.1. The zero-order chi connectivity index (χ0) is 52.2. The molecule has 0 aliphatic rings. The molecule has 0 aromatic carbocycles. The number of rotatable bonds is 60. The number of hydrogen-bond acceptors (Lipinski definition) is 5. The lowest BCUT2D eigenvalue weighted by molar-refractivity contribution is -0.143. The first kappa shape index (κ1) is 70.1. The van der Waals surface area contributed by atoms with Gasteiger partial charge in [-0.25, -0.2) is 0 Å². The number of carbonyl (C=O) groups is 2. The quantitative estimate of drug-likeness (QED) is 0.0320. The van der Waals surface area contributed by atoms with Crippen molar-refractivity contribution in [2.75, 3.05) is 13.2 Å². The fourth-order valence-electron chi connectivity index (χ4n) is 9.92. The molecule has 0 fully saturated rings. The second-order valence-corrected chi connectivity index (χ2v) is 22.1. The van der Waals surface area contributed by atoms with E-state index in [0.717, 1.165) is 44.9 Å². The summed E-state index contributed by atoms with van der Waals surface area (Å²) in [6, 6.07) is -0.627. The van der Waals surface area contributed by atoms with Crippen LogP contribution in [0.25, 0.3) is 0 Å². The lowest BCUT2D eigenvalue weighted by atomic mass is 10.0. The van der Waals surface area contributed by atoms with E-state index in [1.54, 1.807) is 6.08 Å². The van der Waals surface area contributed by atoms with Crippen molar-refractivity contribution >= 4 is 11.9 Å². The third kappa shape index (κ3) is 57.4. The highest BCUT2D eigenvalue weighted by Crippen LogP contribution is 2.17. The predicted octanol–water partition coefficient (Wildman–Crippen LogP) is 20.4. The van der Waals surface area contributed by atoms with Gasteiger partial charge >= 0.3 is 5.97 Å². The Hall–Kier alpha value is -1.92. The third-order valence-corrected chi connectivity index (χ3v) is 14.9. The van der Waals surface area contributed by atoms with Crippen molar-refractivity contribution in [3.63, 3.8) is 0 Å². The molecule has 2 atom stereocenters. The minimum absolute atomic E-state index is 0.00690. The Kier molecular flexibility index (Phi) is 60.0. The van der Waals surface area contributed by atoms with Gasteiger partial charge in [-0.2, -0.15) is 0 Å². The molecule has 0 spiro atoms. The summed E-state index contributed by atoms with van der Waals surface area (Å²) in [5.74, 6) is -0.0605. The Bertz CT molecular complexity index is 1170. The van der Waals surface area contributed by atoms with Crippen LogP contribution in [0.3, 0.4) is 0 Å². The third-order valence-electron chi connectivity index (χ3n) is 14.9. The van der Waals surface area contributed by atoms with Crippen LogP contribution in [0.2, 0.25) is 0 Å². The average molecular weight is 1010 g/mol. The van der Waals surface area contributed by atoms with Crippen LogP contribution in [0.1, 0.15) is 348 Å². The van der Waals surface area contributed by atoms with Crippen molar-refractivity contribution in [1.82, 2.24) is 5.32 Å². The first-order valence-electron chi connectivity index (χ1n) is 32.3. The van der Waals surface area contributed by atoms with Gasteiger partial charge in [0.2, 0.25) is 5.91 Å². The van der Waals surface area contributed by atoms with Gasteiger partial charge in [0.05, 0.1) is 25.4 Å². The number of nitrogens with one attached hydrogen (secondary N) is 1. The Morgan fingerprint density at radius 1 is 0.375 bits per heavy atom. The number of carbonyl (C=O) groups excluding carboxylic acids is 2. The maximum atomic E-state index is 12.5. The summed E-state index contributed by atoms with van der Waals surface area (Å²) >= 11 is 0. The maximum absolute atomic E-state index is 12.5. The van der Waals surface area contributed by atoms with E-state index >= 15 is 0 Å². The first-order valence-corrected chi connectivity index (χ1v) is 32.3. The number of unbranched alkanes of at least 4 members (excludes halogenated alkanes) is 45. The van der Waals surface area contributed by atoms with Gasteiger partial charge < -0.3 is 20.3 Å². The molecule has 0 aromatic heterocycles. The maximum Gasteiger partial charge on any atom is 0.305 e. The number of allylic oxidation sites excluding steroid dienone is 5. The summed E-state index contributed by atoms with van der Waals surface area (Å²) in [7, 11) is 0. The Labute approximate surface area is 449 Å². The second kappa shape index (κ2) is 61.6. The van der Waals surface area contributed by atoms with Crippen LogP contribution < -0.4 is 5.32 Å². The number of ether oxygens (including phenoxy) is 1. The van der Waals surface area contributed by atoms with Gasteiger partial charge in [0, 0.05) is 12.8 Å². The molecule has 6 heteroatoms. The van der Waals surface area contributed by atoms with Crippen molar-refractivity contribution in [1.29, 1.82) is 0 Å². The molecule has 0 rings (SSSR count). The normalized spacial score (nSPS) is 12.8. The molecule has 0 aliphatic carbocycles. The molecule has 6 nitrogen and oxygen atoms in total. The average Bonchev–Trinajstić information content (AvgIpc) is 3.38. The summed E-state index contributed by atoms with van der Waals surface area (Å²) in [6.45, 7) is 4.90. The molecule has 0 radical (unpaired) electrons. The first-order chi connectivity index (χ1) is 35.5. The fraction of sp³-hybridized carbons (Fsp3) is 0.879. The lowest BCUT2D eigenvalue weighted by Crippen LogP contribution is -2.45. The van der Waals surface area contributed by atoms with E-state index in [9.17, 15) is 19.8 Å². The van der Waals surface area contributed by atoms with Crippen molar-refractivity contribution in [3.05, 3.63) is 36.5 Å². The van der Waals surface area contributed by atoms with Gasteiger partial charge in [-0.1, -0.05) is 288 Å². The van der Waals surface area contributed by atoms with E-state index < -0.39 is 12.1 Å². The highest BCUT2D eigenvalue weighted by atomic mass is 16.5. The summed E-state index contributed by atoms with van der Waals surface area (Å²) in [6.07, 6.45) is 77.7. The molecule has 0 heterocycles. The number of hydrogen-bond donors (Lipinski definition) is 3. The smallest absolute Gasteiger partial charge is 0.305 e.